The van der Waals surface area contributed by atoms with Gasteiger partial charge in [0.15, 0.2) is 0 Å². The molecule has 0 N–H and O–H groups in total. The molecule has 146 valence electrons. The second-order valence-corrected chi connectivity index (χ2v) is 7.52. The van der Waals surface area contributed by atoms with Gasteiger partial charge < -0.3 is 9.47 Å². The molecule has 3 aromatic rings. The molecular weight excluding hydrogens is 398 g/mol. The number of rotatable bonds is 7. The molecule has 1 amide bonds. The van der Waals surface area contributed by atoms with Crippen LogP contribution in [-0.2, 0) is 13.1 Å². The highest BCUT2D eigenvalue weighted by molar-refractivity contribution is 6.35. The van der Waals surface area contributed by atoms with E-state index in [1.807, 2.05) is 35.9 Å². The largest absolute Gasteiger partial charge is 0.345 e. The van der Waals surface area contributed by atoms with Crippen LogP contribution in [0.25, 0.3) is 0 Å². The topological polar surface area (TPSA) is 25.2 Å². The van der Waals surface area contributed by atoms with Crippen LogP contribution in [0.3, 0.4) is 0 Å². The SMILES string of the molecule is CCCN(Cc1cccn1Cc1cccc(F)c1)C(=O)c1cc(Cl)cc(Cl)c1. The van der Waals surface area contributed by atoms with E-state index in [0.29, 0.717) is 35.2 Å². The van der Waals surface area contributed by atoms with Crippen molar-refractivity contribution in [1.82, 2.24) is 9.47 Å². The third kappa shape index (κ3) is 5.15. The quantitative estimate of drug-likeness (QED) is 0.459. The molecular formula is C22H21Cl2FN2O. The normalized spacial score (nSPS) is 10.9. The number of hydrogen-bond donors (Lipinski definition) is 0. The van der Waals surface area contributed by atoms with E-state index in [9.17, 15) is 9.18 Å². The van der Waals surface area contributed by atoms with Crippen LogP contribution in [0.4, 0.5) is 4.39 Å². The van der Waals surface area contributed by atoms with E-state index in [2.05, 4.69) is 0 Å². The summed E-state index contributed by atoms with van der Waals surface area (Å²) in [6.07, 6.45) is 2.76. The van der Waals surface area contributed by atoms with Crippen molar-refractivity contribution in [2.75, 3.05) is 6.54 Å². The summed E-state index contributed by atoms with van der Waals surface area (Å²) in [6.45, 7) is 3.61. The molecule has 0 fully saturated rings. The Labute approximate surface area is 174 Å². The molecule has 0 aliphatic rings. The molecule has 0 saturated carbocycles. The lowest BCUT2D eigenvalue weighted by Crippen LogP contribution is -2.32. The maximum atomic E-state index is 13.5. The minimum Gasteiger partial charge on any atom is -0.345 e. The Kier molecular flexibility index (Phi) is 6.76. The zero-order valence-corrected chi connectivity index (χ0v) is 17.1. The van der Waals surface area contributed by atoms with Gasteiger partial charge in [-0.2, -0.15) is 0 Å². The highest BCUT2D eigenvalue weighted by atomic mass is 35.5. The average molecular weight is 419 g/mol. The molecule has 2 aromatic carbocycles. The maximum Gasteiger partial charge on any atom is 0.254 e. The van der Waals surface area contributed by atoms with Gasteiger partial charge in [-0.05, 0) is 54.4 Å². The molecule has 0 atom stereocenters. The summed E-state index contributed by atoms with van der Waals surface area (Å²) in [5.74, 6) is -0.378. The van der Waals surface area contributed by atoms with Gasteiger partial charge in [-0.3, -0.25) is 4.79 Å². The molecule has 1 heterocycles. The number of carbonyl (C=O) groups is 1. The first kappa shape index (κ1) is 20.4. The predicted molar refractivity (Wildman–Crippen MR) is 111 cm³/mol. The van der Waals surface area contributed by atoms with Crippen molar-refractivity contribution in [2.45, 2.75) is 26.4 Å². The third-order valence-electron chi connectivity index (χ3n) is 4.41. The van der Waals surface area contributed by atoms with E-state index in [4.69, 9.17) is 23.2 Å². The van der Waals surface area contributed by atoms with Gasteiger partial charge in [-0.15, -0.1) is 0 Å². The van der Waals surface area contributed by atoms with Crippen molar-refractivity contribution in [3.63, 3.8) is 0 Å². The van der Waals surface area contributed by atoms with E-state index >= 15 is 0 Å². The Morgan fingerprint density at radius 1 is 1.07 bits per heavy atom. The minimum absolute atomic E-state index is 0.121. The van der Waals surface area contributed by atoms with Gasteiger partial charge in [0.2, 0.25) is 0 Å². The van der Waals surface area contributed by atoms with Crippen molar-refractivity contribution in [1.29, 1.82) is 0 Å². The second-order valence-electron chi connectivity index (χ2n) is 6.64. The smallest absolute Gasteiger partial charge is 0.254 e. The summed E-state index contributed by atoms with van der Waals surface area (Å²) in [5, 5.41) is 0.864. The standard InChI is InChI=1S/C22H21Cl2FN2O/c1-2-8-27(22(28)17-11-18(23)13-19(24)12-17)15-21-7-4-9-26(21)14-16-5-3-6-20(25)10-16/h3-7,9-13H,2,8,14-15H2,1H3. The van der Waals surface area contributed by atoms with Gasteiger partial charge in [0.25, 0.3) is 5.91 Å². The van der Waals surface area contributed by atoms with E-state index in [-0.39, 0.29) is 11.7 Å². The lowest BCUT2D eigenvalue weighted by Gasteiger charge is -2.23. The van der Waals surface area contributed by atoms with Crippen molar-refractivity contribution in [2.24, 2.45) is 0 Å². The molecule has 0 radical (unpaired) electrons. The van der Waals surface area contributed by atoms with Gasteiger partial charge in [0, 0.05) is 40.6 Å². The lowest BCUT2D eigenvalue weighted by molar-refractivity contribution is 0.0739. The highest BCUT2D eigenvalue weighted by Crippen LogP contribution is 2.21. The molecule has 6 heteroatoms. The molecule has 1 aromatic heterocycles. The molecule has 0 unspecified atom stereocenters. The zero-order chi connectivity index (χ0) is 20.1. The van der Waals surface area contributed by atoms with Crippen LogP contribution in [0.1, 0.15) is 35.0 Å². The fourth-order valence-corrected chi connectivity index (χ4v) is 3.68. The van der Waals surface area contributed by atoms with Crippen LogP contribution in [0, 0.1) is 5.82 Å². The van der Waals surface area contributed by atoms with Gasteiger partial charge in [-0.1, -0.05) is 42.3 Å². The monoisotopic (exact) mass is 418 g/mol. The zero-order valence-electron chi connectivity index (χ0n) is 15.5. The van der Waals surface area contributed by atoms with Gasteiger partial charge in [0.1, 0.15) is 5.82 Å². The molecule has 0 spiro atoms. The number of hydrogen-bond acceptors (Lipinski definition) is 1. The van der Waals surface area contributed by atoms with Crippen LogP contribution in [0.5, 0.6) is 0 Å². The summed E-state index contributed by atoms with van der Waals surface area (Å²) in [5.41, 5.74) is 2.31. The third-order valence-corrected chi connectivity index (χ3v) is 4.85. The Balaban J connectivity index is 1.81. The molecule has 3 nitrogen and oxygen atoms in total. The Hall–Kier alpha value is -2.30. The van der Waals surface area contributed by atoms with Crippen LogP contribution in [0.2, 0.25) is 10.0 Å². The molecule has 3 rings (SSSR count). The number of nitrogens with zero attached hydrogens (tertiary/aromatic N) is 2. The first-order valence-electron chi connectivity index (χ1n) is 9.10. The Morgan fingerprint density at radius 3 is 2.50 bits per heavy atom. The summed E-state index contributed by atoms with van der Waals surface area (Å²) < 4.78 is 15.5. The first-order valence-corrected chi connectivity index (χ1v) is 9.85. The van der Waals surface area contributed by atoms with Gasteiger partial charge in [-0.25, -0.2) is 4.39 Å². The average Bonchev–Trinajstić information content (AvgIpc) is 3.06. The van der Waals surface area contributed by atoms with Gasteiger partial charge in [0.05, 0.1) is 6.54 Å². The van der Waals surface area contributed by atoms with Crippen LogP contribution in [0.15, 0.2) is 60.8 Å². The van der Waals surface area contributed by atoms with E-state index in [1.165, 1.54) is 12.1 Å². The number of carbonyl (C=O) groups excluding carboxylic acids is 1. The van der Waals surface area contributed by atoms with Crippen LogP contribution < -0.4 is 0 Å². The molecule has 0 bridgehead atoms. The number of benzene rings is 2. The van der Waals surface area contributed by atoms with E-state index < -0.39 is 0 Å². The van der Waals surface area contributed by atoms with Crippen molar-refractivity contribution >= 4 is 29.1 Å². The highest BCUT2D eigenvalue weighted by Gasteiger charge is 2.18. The summed E-state index contributed by atoms with van der Waals surface area (Å²) in [7, 11) is 0. The van der Waals surface area contributed by atoms with Crippen molar-refractivity contribution in [3.05, 3.63) is 93.5 Å². The Morgan fingerprint density at radius 2 is 1.82 bits per heavy atom. The summed E-state index contributed by atoms with van der Waals surface area (Å²) >= 11 is 12.1. The number of amides is 1. The van der Waals surface area contributed by atoms with E-state index in [1.54, 1.807) is 29.2 Å². The summed E-state index contributed by atoms with van der Waals surface area (Å²) in [6, 6.07) is 15.3. The maximum absolute atomic E-state index is 13.5. The van der Waals surface area contributed by atoms with Crippen LogP contribution >= 0.6 is 23.2 Å². The lowest BCUT2D eigenvalue weighted by atomic mass is 10.2. The fourth-order valence-electron chi connectivity index (χ4n) is 3.16. The second kappa shape index (κ2) is 9.26. The molecule has 0 saturated heterocycles. The minimum atomic E-state index is -0.258. The number of halogens is 3. The van der Waals surface area contributed by atoms with Crippen LogP contribution in [-0.4, -0.2) is 21.9 Å². The first-order chi connectivity index (χ1) is 13.5. The van der Waals surface area contributed by atoms with E-state index in [0.717, 1.165) is 17.7 Å². The predicted octanol–water partition coefficient (Wildman–Crippen LogP) is 6.03. The van der Waals surface area contributed by atoms with Crippen molar-refractivity contribution in [3.8, 4) is 0 Å². The summed E-state index contributed by atoms with van der Waals surface area (Å²) in [4.78, 5) is 14.8. The molecule has 28 heavy (non-hydrogen) atoms. The van der Waals surface area contributed by atoms with Crippen molar-refractivity contribution < 1.29 is 9.18 Å². The molecule has 0 aliphatic carbocycles. The Bertz CT molecular complexity index is 950. The van der Waals surface area contributed by atoms with Gasteiger partial charge >= 0.3 is 0 Å². The molecule has 0 aliphatic heterocycles. The fraction of sp³-hybridized carbons (Fsp3) is 0.227. The number of aromatic nitrogens is 1.